The molecular weight excluding hydrogens is 612 g/mol. The van der Waals surface area contributed by atoms with Gasteiger partial charge in [-0.25, -0.2) is 18.4 Å². The topological polar surface area (TPSA) is 119 Å². The number of halogens is 1. The van der Waals surface area contributed by atoms with Gasteiger partial charge in [0.05, 0.1) is 36.3 Å². The summed E-state index contributed by atoms with van der Waals surface area (Å²) in [7, 11) is -3.53. The van der Waals surface area contributed by atoms with E-state index in [2.05, 4.69) is 17.0 Å². The van der Waals surface area contributed by atoms with E-state index >= 15 is 0 Å². The molecule has 10 heteroatoms. The number of esters is 1. The number of sulfonamides is 1. The zero-order valence-electron chi connectivity index (χ0n) is 26.6. The Bertz CT molecular complexity index is 1510. The number of aryl methyl sites for hydroxylation is 1. The summed E-state index contributed by atoms with van der Waals surface area (Å²) in [5.74, 6) is 0.743. The van der Waals surface area contributed by atoms with Gasteiger partial charge in [-0.1, -0.05) is 50.6 Å². The van der Waals surface area contributed by atoms with E-state index < -0.39 is 16.1 Å². The van der Waals surface area contributed by atoms with Gasteiger partial charge in [0, 0.05) is 23.5 Å². The summed E-state index contributed by atoms with van der Waals surface area (Å²) < 4.78 is 35.0. The van der Waals surface area contributed by atoms with E-state index in [4.69, 9.17) is 26.2 Å². The molecule has 1 fully saturated rings. The summed E-state index contributed by atoms with van der Waals surface area (Å²) >= 11 is 6.41. The molecular formula is C35H47ClN2O6S. The molecule has 0 bridgehead atoms. The molecule has 1 aliphatic heterocycles. The third-order valence-electron chi connectivity index (χ3n) is 9.58. The van der Waals surface area contributed by atoms with E-state index in [-0.39, 0.29) is 40.8 Å². The van der Waals surface area contributed by atoms with Crippen LogP contribution in [0.4, 0.5) is 5.69 Å². The van der Waals surface area contributed by atoms with Gasteiger partial charge in [-0.2, -0.15) is 0 Å². The molecule has 0 unspecified atom stereocenters. The van der Waals surface area contributed by atoms with Gasteiger partial charge in [0.2, 0.25) is 10.0 Å². The Morgan fingerprint density at radius 2 is 2.02 bits per heavy atom. The summed E-state index contributed by atoms with van der Waals surface area (Å²) in [5, 5.41) is 17.1. The first-order valence-electron chi connectivity index (χ1n) is 16.2. The zero-order valence-corrected chi connectivity index (χ0v) is 28.2. The maximum atomic E-state index is 13.0. The van der Waals surface area contributed by atoms with E-state index in [1.54, 1.807) is 12.1 Å². The van der Waals surface area contributed by atoms with Gasteiger partial charge in [-0.15, -0.1) is 0 Å². The highest BCUT2D eigenvalue weighted by Crippen LogP contribution is 2.46. The minimum Gasteiger partial charge on any atom is -0.490 e. The first-order chi connectivity index (χ1) is 21.3. The fraction of sp³-hybridized carbons (Fsp3) is 0.571. The van der Waals surface area contributed by atoms with Gasteiger partial charge < -0.3 is 19.5 Å². The molecule has 45 heavy (non-hydrogen) atoms. The highest BCUT2D eigenvalue weighted by molar-refractivity contribution is 7.89. The molecule has 1 spiro atoms. The second-order valence-corrected chi connectivity index (χ2v) is 16.0. The Hall–Kier alpha value is -2.59. The van der Waals surface area contributed by atoms with E-state index in [0.717, 1.165) is 55.1 Å². The summed E-state index contributed by atoms with van der Waals surface area (Å²) in [5.41, 5.74) is 3.66. The van der Waals surface area contributed by atoms with Crippen molar-refractivity contribution < 1.29 is 27.8 Å². The van der Waals surface area contributed by atoms with E-state index in [0.29, 0.717) is 31.7 Å². The van der Waals surface area contributed by atoms with Gasteiger partial charge in [0.1, 0.15) is 5.75 Å². The van der Waals surface area contributed by atoms with E-state index in [1.807, 2.05) is 45.0 Å². The predicted molar refractivity (Wildman–Crippen MR) is 178 cm³/mol. The van der Waals surface area contributed by atoms with Crippen LogP contribution in [0.2, 0.25) is 5.02 Å². The molecule has 0 amide bonds. The number of rotatable bonds is 11. The Balaban J connectivity index is 1.40. The number of primary sulfonamides is 1. The van der Waals surface area contributed by atoms with Crippen LogP contribution in [0, 0.1) is 23.7 Å². The first-order valence-corrected chi connectivity index (χ1v) is 18.3. The molecule has 2 aliphatic carbocycles. The third kappa shape index (κ3) is 8.23. The van der Waals surface area contributed by atoms with Crippen LogP contribution in [-0.4, -0.2) is 57.7 Å². The number of aliphatic hydroxyl groups excluding tert-OH is 1. The first kappa shape index (κ1) is 33.8. The molecule has 8 nitrogen and oxygen atoms in total. The number of nitrogens with zero attached hydrogens (tertiary/aromatic N) is 1. The van der Waals surface area contributed by atoms with Crippen molar-refractivity contribution in [1.82, 2.24) is 0 Å². The molecule has 5 rings (SSSR count). The number of hydrogen-bond donors (Lipinski definition) is 2. The molecule has 3 N–H and O–H groups in total. The fourth-order valence-corrected chi connectivity index (χ4v) is 8.30. The van der Waals surface area contributed by atoms with Crippen LogP contribution in [0.3, 0.4) is 0 Å². The number of carbonyl (C=O) groups is 1. The number of anilines is 1. The third-order valence-corrected chi connectivity index (χ3v) is 10.8. The smallest absolute Gasteiger partial charge is 0.338 e. The van der Waals surface area contributed by atoms with Crippen molar-refractivity contribution in [3.8, 4) is 5.75 Å². The summed E-state index contributed by atoms with van der Waals surface area (Å²) in [6.45, 7) is 8.18. The highest BCUT2D eigenvalue weighted by atomic mass is 35.5. The predicted octanol–water partition coefficient (Wildman–Crippen LogP) is 5.88. The van der Waals surface area contributed by atoms with Crippen LogP contribution < -0.4 is 14.8 Å². The normalized spacial score (nSPS) is 24.4. The van der Waals surface area contributed by atoms with Crippen LogP contribution in [0.15, 0.2) is 48.6 Å². The van der Waals surface area contributed by atoms with Crippen molar-refractivity contribution >= 4 is 33.3 Å². The number of hydrogen-bond acceptors (Lipinski definition) is 7. The minimum atomic E-state index is -3.53. The molecule has 3 aliphatic rings. The molecule has 2 aromatic rings. The van der Waals surface area contributed by atoms with Crippen molar-refractivity contribution in [1.29, 1.82) is 0 Å². The lowest BCUT2D eigenvalue weighted by molar-refractivity contribution is 0.0456. The maximum Gasteiger partial charge on any atom is 0.338 e. The number of fused-ring (bicyclic) bond motifs is 3. The summed E-state index contributed by atoms with van der Waals surface area (Å²) in [6.07, 6.45) is 8.47. The Kier molecular flexibility index (Phi) is 10.5. The SMILES string of the molecule is CC(C)COC(=O)c1ccc2c(c1)N(C[C@@H]1CC[C@H]1[C@@H](O)/C=C/C[C@H](C)CS(N)(=O)=O)C[C@@]1(CCCc3cc(Cl)ccc31)CO2. The largest absolute Gasteiger partial charge is 0.490 e. The molecule has 246 valence electrons. The Morgan fingerprint density at radius 3 is 2.73 bits per heavy atom. The van der Waals surface area contributed by atoms with Gasteiger partial charge in [0.15, 0.2) is 0 Å². The second-order valence-electron chi connectivity index (χ2n) is 13.9. The number of ether oxygens (including phenoxy) is 2. The number of carbonyl (C=O) groups excluding carboxylic acids is 1. The number of aliphatic hydroxyl groups is 1. The molecule has 0 saturated heterocycles. The standard InChI is InChI=1S/C35H47ClN2O6S/c1-23(2)19-43-34(40)26-10-14-33-31(17-26)38(21-35(22-44-33)15-5-7-25-16-28(36)11-13-30(25)35)18-27-9-12-29(27)32(39)8-4-6-24(3)20-45(37,41)42/h4,8,10-11,13-14,16-17,23-24,27,29,32,39H,5-7,9,12,15,18-22H2,1-3H3,(H2,37,41,42)/b8-4+/t24-,27-,29+,32-,35-/m0/s1. The average Bonchev–Trinajstić information content (AvgIpc) is 3.10. The van der Waals surface area contributed by atoms with Crippen LogP contribution in [-0.2, 0) is 26.6 Å². The zero-order chi connectivity index (χ0) is 32.4. The molecule has 5 atom stereocenters. The van der Waals surface area contributed by atoms with Gasteiger partial charge in [0.25, 0.3) is 0 Å². The number of benzene rings is 2. The number of allylic oxidation sites excluding steroid dienone is 1. The van der Waals surface area contributed by atoms with Gasteiger partial charge in [-0.3, -0.25) is 0 Å². The van der Waals surface area contributed by atoms with Crippen molar-refractivity contribution in [2.45, 2.75) is 70.8 Å². The lowest BCUT2D eigenvalue weighted by atomic mass is 9.68. The van der Waals surface area contributed by atoms with Crippen molar-refractivity contribution in [2.24, 2.45) is 28.8 Å². The monoisotopic (exact) mass is 658 g/mol. The second kappa shape index (κ2) is 14.0. The molecule has 0 radical (unpaired) electrons. The van der Waals surface area contributed by atoms with E-state index in [1.165, 1.54) is 11.1 Å². The Labute approximate surface area is 273 Å². The van der Waals surface area contributed by atoms with Crippen LogP contribution >= 0.6 is 11.6 Å². The molecule has 1 heterocycles. The van der Waals surface area contributed by atoms with Gasteiger partial charge in [-0.05, 0) is 104 Å². The lowest BCUT2D eigenvalue weighted by Gasteiger charge is -2.45. The van der Waals surface area contributed by atoms with Crippen molar-refractivity contribution in [3.05, 3.63) is 70.3 Å². The molecule has 1 saturated carbocycles. The number of nitrogens with two attached hydrogens (primary N) is 1. The average molecular weight is 659 g/mol. The summed E-state index contributed by atoms with van der Waals surface area (Å²) in [6, 6.07) is 11.8. The van der Waals surface area contributed by atoms with Crippen molar-refractivity contribution in [3.63, 3.8) is 0 Å². The molecule has 2 aromatic carbocycles. The quantitative estimate of drug-likeness (QED) is 0.228. The van der Waals surface area contributed by atoms with Crippen LogP contribution in [0.5, 0.6) is 5.75 Å². The lowest BCUT2D eigenvalue weighted by Crippen LogP contribution is -2.49. The Morgan fingerprint density at radius 1 is 1.22 bits per heavy atom. The minimum absolute atomic E-state index is 0.0787. The fourth-order valence-electron chi connectivity index (χ4n) is 7.18. The highest BCUT2D eigenvalue weighted by Gasteiger charge is 2.44. The van der Waals surface area contributed by atoms with E-state index in [9.17, 15) is 18.3 Å². The van der Waals surface area contributed by atoms with Crippen LogP contribution in [0.25, 0.3) is 0 Å². The van der Waals surface area contributed by atoms with Crippen molar-refractivity contribution in [2.75, 3.05) is 37.0 Å². The van der Waals surface area contributed by atoms with Crippen LogP contribution in [0.1, 0.15) is 74.4 Å². The molecule has 0 aromatic heterocycles. The summed E-state index contributed by atoms with van der Waals surface area (Å²) in [4.78, 5) is 15.4. The maximum absolute atomic E-state index is 13.0. The van der Waals surface area contributed by atoms with Gasteiger partial charge >= 0.3 is 5.97 Å².